The topological polar surface area (TPSA) is 65.5 Å². The van der Waals surface area contributed by atoms with Crippen molar-refractivity contribution in [3.8, 4) is 17.2 Å². The van der Waals surface area contributed by atoms with Gasteiger partial charge >= 0.3 is 0 Å². The fraction of sp³-hybridized carbons (Fsp3) is 0.0909. The van der Waals surface area contributed by atoms with Gasteiger partial charge in [-0.15, -0.1) is 0 Å². The van der Waals surface area contributed by atoms with Crippen molar-refractivity contribution >= 4 is 23.3 Å². The Morgan fingerprint density at radius 1 is 1.07 bits per heavy atom. The van der Waals surface area contributed by atoms with Gasteiger partial charge in [-0.2, -0.15) is 0 Å². The first-order valence-electron chi connectivity index (χ1n) is 8.53. The Bertz CT molecular complexity index is 1110. The molecule has 0 saturated heterocycles. The second-order valence-corrected chi connectivity index (χ2v) is 6.02. The molecule has 0 N–H and O–H groups in total. The molecular formula is C22H17NO4. The van der Waals surface area contributed by atoms with Crippen LogP contribution < -0.4 is 4.74 Å². The van der Waals surface area contributed by atoms with E-state index >= 15 is 0 Å². The Morgan fingerprint density at radius 2 is 1.93 bits per heavy atom. The van der Waals surface area contributed by atoms with Crippen molar-refractivity contribution in [1.29, 1.82) is 0 Å². The van der Waals surface area contributed by atoms with Crippen LogP contribution in [-0.4, -0.2) is 11.3 Å². The second kappa shape index (κ2) is 7.33. The Labute approximate surface area is 155 Å². The third-order valence-electron chi connectivity index (χ3n) is 4.14. The van der Waals surface area contributed by atoms with E-state index in [1.807, 2.05) is 61.5 Å². The van der Waals surface area contributed by atoms with Crippen LogP contribution in [-0.2, 0) is 11.4 Å². The van der Waals surface area contributed by atoms with Crippen molar-refractivity contribution in [2.24, 2.45) is 0 Å². The van der Waals surface area contributed by atoms with Crippen LogP contribution in [0.3, 0.4) is 0 Å². The van der Waals surface area contributed by atoms with Gasteiger partial charge in [0.25, 0.3) is 0 Å². The zero-order valence-electron chi connectivity index (χ0n) is 14.7. The van der Waals surface area contributed by atoms with Gasteiger partial charge in [-0.3, -0.25) is 4.79 Å². The van der Waals surface area contributed by atoms with Gasteiger partial charge in [-0.05, 0) is 49.4 Å². The number of hydrogen-bond donors (Lipinski definition) is 0. The summed E-state index contributed by atoms with van der Waals surface area (Å²) in [6.45, 7) is 2.17. The molecule has 4 rings (SSSR count). The van der Waals surface area contributed by atoms with E-state index in [1.54, 1.807) is 6.08 Å². The van der Waals surface area contributed by atoms with Crippen molar-refractivity contribution in [3.63, 3.8) is 0 Å². The van der Waals surface area contributed by atoms with Gasteiger partial charge < -0.3 is 13.6 Å². The average molecular weight is 359 g/mol. The number of oxazole rings is 1. The van der Waals surface area contributed by atoms with Crippen LogP contribution >= 0.6 is 0 Å². The van der Waals surface area contributed by atoms with Crippen LogP contribution in [0.2, 0.25) is 0 Å². The number of nitrogens with zero attached hydrogens (tertiary/aromatic N) is 1. The number of rotatable bonds is 6. The molecule has 0 aliphatic heterocycles. The predicted molar refractivity (Wildman–Crippen MR) is 102 cm³/mol. The molecule has 0 unspecified atom stereocenters. The number of benzene rings is 2. The molecule has 2 aromatic carbocycles. The van der Waals surface area contributed by atoms with Gasteiger partial charge in [0, 0.05) is 17.0 Å². The van der Waals surface area contributed by atoms with Gasteiger partial charge in [-0.25, -0.2) is 4.98 Å². The highest BCUT2D eigenvalue weighted by Gasteiger charge is 2.12. The van der Waals surface area contributed by atoms with Crippen molar-refractivity contribution in [3.05, 3.63) is 77.9 Å². The molecule has 0 aliphatic carbocycles. The number of allylic oxidation sites excluding steroid dienone is 1. The molecule has 5 nitrogen and oxygen atoms in total. The number of aldehydes is 1. The van der Waals surface area contributed by atoms with Crippen molar-refractivity contribution in [1.82, 2.24) is 4.98 Å². The molecular weight excluding hydrogens is 342 g/mol. The summed E-state index contributed by atoms with van der Waals surface area (Å²) < 4.78 is 17.3. The van der Waals surface area contributed by atoms with Gasteiger partial charge in [0.1, 0.15) is 41.4 Å². The fourth-order valence-electron chi connectivity index (χ4n) is 2.76. The van der Waals surface area contributed by atoms with Crippen LogP contribution in [0.15, 0.2) is 69.5 Å². The summed E-state index contributed by atoms with van der Waals surface area (Å²) in [7, 11) is 0. The number of carbonyl (C=O) groups excluding carboxylic acids is 1. The summed E-state index contributed by atoms with van der Waals surface area (Å²) in [5, 5.41) is 0.942. The maximum Gasteiger partial charge on any atom is 0.226 e. The molecule has 0 atom stereocenters. The van der Waals surface area contributed by atoms with Crippen LogP contribution in [0.25, 0.3) is 28.5 Å². The molecule has 0 radical (unpaired) electrons. The Hall–Kier alpha value is -3.60. The Kier molecular flexibility index (Phi) is 4.58. The molecule has 0 amide bonds. The van der Waals surface area contributed by atoms with Gasteiger partial charge in [0.15, 0.2) is 0 Å². The third kappa shape index (κ3) is 3.67. The van der Waals surface area contributed by atoms with Crippen LogP contribution in [0.4, 0.5) is 0 Å². The Morgan fingerprint density at radius 3 is 2.74 bits per heavy atom. The number of carbonyl (C=O) groups is 1. The SMILES string of the molecule is Cc1oc(-c2ccccc2)nc1COc1ccc2cc(/C=C/C=O)oc2c1. The first kappa shape index (κ1) is 16.8. The highest BCUT2D eigenvalue weighted by Crippen LogP contribution is 2.26. The Balaban J connectivity index is 1.51. The minimum atomic E-state index is 0.298. The summed E-state index contributed by atoms with van der Waals surface area (Å²) in [4.78, 5) is 15.0. The minimum absolute atomic E-state index is 0.298. The summed E-state index contributed by atoms with van der Waals surface area (Å²) >= 11 is 0. The number of aromatic nitrogens is 1. The number of furan rings is 1. The van der Waals surface area contributed by atoms with Crippen molar-refractivity contribution in [2.45, 2.75) is 13.5 Å². The number of aryl methyl sites for hydroxylation is 1. The largest absolute Gasteiger partial charge is 0.487 e. The second-order valence-electron chi connectivity index (χ2n) is 6.02. The highest BCUT2D eigenvalue weighted by atomic mass is 16.5. The van der Waals surface area contributed by atoms with Crippen LogP contribution in [0, 0.1) is 6.92 Å². The molecule has 0 spiro atoms. The molecule has 27 heavy (non-hydrogen) atoms. The van der Waals surface area contributed by atoms with Crippen molar-refractivity contribution in [2.75, 3.05) is 0 Å². The number of fused-ring (bicyclic) bond motifs is 1. The van der Waals surface area contributed by atoms with E-state index in [-0.39, 0.29) is 0 Å². The summed E-state index contributed by atoms with van der Waals surface area (Å²) in [6, 6.07) is 17.2. The predicted octanol–water partition coefficient (Wildman–Crippen LogP) is 5.19. The standard InChI is InChI=1S/C22H17NO4/c1-15-20(23-22(26-15)16-6-3-2-4-7-16)14-25-18-10-9-17-12-19(8-5-11-24)27-21(17)13-18/h2-13H,14H2,1H3/b8-5+. The van der Waals surface area contributed by atoms with E-state index < -0.39 is 0 Å². The quantitative estimate of drug-likeness (QED) is 0.350. The normalized spacial score (nSPS) is 11.3. The smallest absolute Gasteiger partial charge is 0.226 e. The van der Waals surface area contributed by atoms with E-state index in [4.69, 9.17) is 13.6 Å². The lowest BCUT2D eigenvalue weighted by Crippen LogP contribution is -1.97. The van der Waals surface area contributed by atoms with E-state index in [0.717, 1.165) is 22.4 Å². The maximum absolute atomic E-state index is 10.4. The lowest BCUT2D eigenvalue weighted by molar-refractivity contribution is -0.104. The van der Waals surface area contributed by atoms with E-state index in [9.17, 15) is 4.79 Å². The molecule has 5 heteroatoms. The number of hydrogen-bond acceptors (Lipinski definition) is 5. The average Bonchev–Trinajstić information content (AvgIpc) is 3.28. The zero-order valence-corrected chi connectivity index (χ0v) is 14.7. The minimum Gasteiger partial charge on any atom is -0.487 e. The molecule has 2 aromatic heterocycles. The lowest BCUT2D eigenvalue weighted by atomic mass is 10.2. The molecule has 0 aliphatic rings. The molecule has 0 bridgehead atoms. The van der Waals surface area contributed by atoms with Gasteiger partial charge in [0.2, 0.25) is 5.89 Å². The zero-order chi connectivity index (χ0) is 18.6. The molecule has 2 heterocycles. The first-order chi connectivity index (χ1) is 13.2. The third-order valence-corrected chi connectivity index (χ3v) is 4.14. The van der Waals surface area contributed by atoms with Crippen molar-refractivity contribution < 1.29 is 18.4 Å². The molecule has 0 saturated carbocycles. The molecule has 134 valence electrons. The molecule has 0 fully saturated rings. The lowest BCUT2D eigenvalue weighted by Gasteiger charge is -2.04. The monoisotopic (exact) mass is 359 g/mol. The number of ether oxygens (including phenoxy) is 1. The first-order valence-corrected chi connectivity index (χ1v) is 8.53. The van der Waals surface area contributed by atoms with Crippen LogP contribution in [0.1, 0.15) is 17.2 Å². The highest BCUT2D eigenvalue weighted by molar-refractivity contribution is 5.82. The summed E-state index contributed by atoms with van der Waals surface area (Å²) in [5.74, 6) is 2.61. The summed E-state index contributed by atoms with van der Waals surface area (Å²) in [6.07, 6.45) is 3.73. The van der Waals surface area contributed by atoms with Crippen LogP contribution in [0.5, 0.6) is 5.75 Å². The van der Waals surface area contributed by atoms with E-state index in [2.05, 4.69) is 4.98 Å². The fourth-order valence-corrected chi connectivity index (χ4v) is 2.76. The molecule has 4 aromatic rings. The van der Waals surface area contributed by atoms with E-state index in [0.29, 0.717) is 35.9 Å². The van der Waals surface area contributed by atoms with Gasteiger partial charge in [-0.1, -0.05) is 18.2 Å². The maximum atomic E-state index is 10.4. The van der Waals surface area contributed by atoms with Gasteiger partial charge in [0.05, 0.1) is 0 Å². The van der Waals surface area contributed by atoms with E-state index in [1.165, 1.54) is 6.08 Å². The summed E-state index contributed by atoms with van der Waals surface area (Å²) in [5.41, 5.74) is 2.38.